The fourth-order valence-electron chi connectivity index (χ4n) is 1.50. The number of hydrogen-bond donors (Lipinski definition) is 0. The van der Waals surface area contributed by atoms with Gasteiger partial charge >= 0.3 is 0 Å². The summed E-state index contributed by atoms with van der Waals surface area (Å²) in [7, 11) is 1.58. The summed E-state index contributed by atoms with van der Waals surface area (Å²) in [4.78, 5) is 13.0. The molecular weight excluding hydrogens is 256 g/mol. The van der Waals surface area contributed by atoms with Crippen LogP contribution in [0.25, 0.3) is 10.4 Å². The minimum Gasteiger partial charge on any atom is -0.495 e. The molecular formula is C13H11ClO2S. The molecule has 0 radical (unpaired) electrons. The van der Waals surface area contributed by atoms with E-state index < -0.39 is 0 Å². The first-order chi connectivity index (χ1) is 8.11. The zero-order valence-corrected chi connectivity index (χ0v) is 11.1. The number of ether oxygens (including phenoxy) is 1. The van der Waals surface area contributed by atoms with Gasteiger partial charge in [-0.2, -0.15) is 0 Å². The van der Waals surface area contributed by atoms with E-state index in [2.05, 4.69) is 0 Å². The lowest BCUT2D eigenvalue weighted by molar-refractivity contribution is 0.102. The molecule has 17 heavy (non-hydrogen) atoms. The summed E-state index contributed by atoms with van der Waals surface area (Å²) in [5, 5.41) is 0.583. The van der Waals surface area contributed by atoms with Gasteiger partial charge in [-0.05, 0) is 36.8 Å². The standard InChI is InChI=1S/C13H11ClO2S/c1-8(15)12-5-6-13(17-12)9-3-4-10(14)11(7-9)16-2/h3-7H,1-2H3. The van der Waals surface area contributed by atoms with Crippen molar-refractivity contribution in [2.24, 2.45) is 0 Å². The lowest BCUT2D eigenvalue weighted by atomic mass is 10.2. The molecule has 0 aliphatic carbocycles. The molecule has 2 nitrogen and oxygen atoms in total. The van der Waals surface area contributed by atoms with Crippen molar-refractivity contribution in [1.29, 1.82) is 0 Å². The minimum atomic E-state index is 0.0854. The average molecular weight is 267 g/mol. The Morgan fingerprint density at radius 1 is 1.29 bits per heavy atom. The van der Waals surface area contributed by atoms with Gasteiger partial charge in [0.05, 0.1) is 17.0 Å². The maximum atomic E-state index is 11.2. The van der Waals surface area contributed by atoms with E-state index in [-0.39, 0.29) is 5.78 Å². The summed E-state index contributed by atoms with van der Waals surface area (Å²) in [5.41, 5.74) is 1.00. The van der Waals surface area contributed by atoms with Crippen molar-refractivity contribution in [3.63, 3.8) is 0 Å². The van der Waals surface area contributed by atoms with Crippen molar-refractivity contribution >= 4 is 28.7 Å². The van der Waals surface area contributed by atoms with E-state index in [9.17, 15) is 4.79 Å². The lowest BCUT2D eigenvalue weighted by Gasteiger charge is -2.04. The van der Waals surface area contributed by atoms with Gasteiger partial charge < -0.3 is 4.74 Å². The summed E-state index contributed by atoms with van der Waals surface area (Å²) in [6.45, 7) is 1.57. The highest BCUT2D eigenvalue weighted by atomic mass is 35.5. The molecule has 1 aromatic heterocycles. The molecule has 0 aliphatic rings. The van der Waals surface area contributed by atoms with Gasteiger partial charge in [-0.15, -0.1) is 11.3 Å². The molecule has 0 spiro atoms. The molecule has 0 bridgehead atoms. The van der Waals surface area contributed by atoms with E-state index in [1.54, 1.807) is 20.1 Å². The number of halogens is 1. The van der Waals surface area contributed by atoms with E-state index in [0.717, 1.165) is 15.3 Å². The number of rotatable bonds is 3. The quantitative estimate of drug-likeness (QED) is 0.775. The van der Waals surface area contributed by atoms with Crippen LogP contribution in [0.3, 0.4) is 0 Å². The Morgan fingerprint density at radius 3 is 2.65 bits per heavy atom. The Labute approximate surface area is 109 Å². The van der Waals surface area contributed by atoms with Crippen LogP contribution >= 0.6 is 22.9 Å². The van der Waals surface area contributed by atoms with Gasteiger partial charge in [0.15, 0.2) is 5.78 Å². The Bertz CT molecular complexity index is 560. The van der Waals surface area contributed by atoms with Crippen LogP contribution < -0.4 is 4.74 Å². The molecule has 0 saturated carbocycles. The van der Waals surface area contributed by atoms with E-state index in [1.165, 1.54) is 11.3 Å². The van der Waals surface area contributed by atoms with E-state index in [4.69, 9.17) is 16.3 Å². The minimum absolute atomic E-state index is 0.0854. The van der Waals surface area contributed by atoms with E-state index >= 15 is 0 Å². The number of carbonyl (C=O) groups is 1. The zero-order chi connectivity index (χ0) is 12.4. The number of methoxy groups -OCH3 is 1. The van der Waals surface area contributed by atoms with Crippen LogP contribution in [0.5, 0.6) is 5.75 Å². The second-order valence-electron chi connectivity index (χ2n) is 3.57. The summed E-state index contributed by atoms with van der Waals surface area (Å²) in [6.07, 6.45) is 0. The molecule has 0 N–H and O–H groups in total. The highest BCUT2D eigenvalue weighted by molar-refractivity contribution is 7.17. The Hall–Kier alpha value is -1.32. The van der Waals surface area contributed by atoms with Gasteiger partial charge in [-0.1, -0.05) is 17.7 Å². The van der Waals surface area contributed by atoms with E-state index in [1.807, 2.05) is 24.3 Å². The maximum Gasteiger partial charge on any atom is 0.169 e. The lowest BCUT2D eigenvalue weighted by Crippen LogP contribution is -1.84. The summed E-state index contributed by atoms with van der Waals surface area (Å²) in [5.74, 6) is 0.726. The Balaban J connectivity index is 2.42. The number of Topliss-reactive ketones (excluding diaryl/α,β-unsaturated/α-hetero) is 1. The molecule has 88 valence electrons. The predicted molar refractivity (Wildman–Crippen MR) is 71.3 cm³/mol. The predicted octanol–water partition coefficient (Wildman–Crippen LogP) is 4.28. The molecule has 0 amide bonds. The number of hydrogen-bond acceptors (Lipinski definition) is 3. The van der Waals surface area contributed by atoms with Crippen LogP contribution in [0.15, 0.2) is 30.3 Å². The molecule has 1 aromatic carbocycles. The highest BCUT2D eigenvalue weighted by Crippen LogP contribution is 2.34. The van der Waals surface area contributed by atoms with Gasteiger partial charge in [-0.3, -0.25) is 4.79 Å². The van der Waals surface area contributed by atoms with Crippen LogP contribution in [-0.2, 0) is 0 Å². The van der Waals surface area contributed by atoms with Crippen molar-refractivity contribution in [1.82, 2.24) is 0 Å². The molecule has 0 aliphatic heterocycles. The number of thiophene rings is 1. The van der Waals surface area contributed by atoms with Gasteiger partial charge in [0.2, 0.25) is 0 Å². The molecule has 1 heterocycles. The van der Waals surface area contributed by atoms with Crippen molar-refractivity contribution in [3.05, 3.63) is 40.2 Å². The molecule has 0 fully saturated rings. The van der Waals surface area contributed by atoms with Crippen LogP contribution in [0, 0.1) is 0 Å². The normalized spacial score (nSPS) is 10.3. The first-order valence-electron chi connectivity index (χ1n) is 5.06. The van der Waals surface area contributed by atoms with Crippen LogP contribution in [0.2, 0.25) is 5.02 Å². The molecule has 0 unspecified atom stereocenters. The first kappa shape index (κ1) is 12.1. The van der Waals surface area contributed by atoms with Gasteiger partial charge in [0.25, 0.3) is 0 Å². The molecule has 0 saturated heterocycles. The second kappa shape index (κ2) is 4.90. The second-order valence-corrected chi connectivity index (χ2v) is 5.06. The van der Waals surface area contributed by atoms with Gasteiger partial charge in [0, 0.05) is 4.88 Å². The van der Waals surface area contributed by atoms with Crippen molar-refractivity contribution in [2.45, 2.75) is 6.92 Å². The number of ketones is 1. The third kappa shape index (κ3) is 2.51. The van der Waals surface area contributed by atoms with Crippen molar-refractivity contribution in [2.75, 3.05) is 7.11 Å². The fraction of sp³-hybridized carbons (Fsp3) is 0.154. The third-order valence-corrected chi connectivity index (χ3v) is 3.94. The molecule has 0 atom stereocenters. The first-order valence-corrected chi connectivity index (χ1v) is 6.26. The highest BCUT2D eigenvalue weighted by Gasteiger charge is 2.08. The molecule has 2 aromatic rings. The third-order valence-electron chi connectivity index (χ3n) is 2.39. The average Bonchev–Trinajstić information content (AvgIpc) is 2.79. The smallest absolute Gasteiger partial charge is 0.169 e. The van der Waals surface area contributed by atoms with Crippen LogP contribution in [0.4, 0.5) is 0 Å². The topological polar surface area (TPSA) is 26.3 Å². The summed E-state index contributed by atoms with van der Waals surface area (Å²) < 4.78 is 5.17. The molecule has 4 heteroatoms. The fourth-order valence-corrected chi connectivity index (χ4v) is 2.59. The van der Waals surface area contributed by atoms with Crippen molar-refractivity contribution in [3.8, 4) is 16.2 Å². The van der Waals surface area contributed by atoms with Crippen LogP contribution in [0.1, 0.15) is 16.6 Å². The zero-order valence-electron chi connectivity index (χ0n) is 9.49. The summed E-state index contributed by atoms with van der Waals surface area (Å²) in [6, 6.07) is 9.36. The number of benzene rings is 1. The number of carbonyl (C=O) groups excluding carboxylic acids is 1. The Morgan fingerprint density at radius 2 is 2.06 bits per heavy atom. The molecule has 2 rings (SSSR count). The monoisotopic (exact) mass is 266 g/mol. The SMILES string of the molecule is COc1cc(-c2ccc(C(C)=O)s2)ccc1Cl. The Kier molecular flexibility index (Phi) is 3.50. The van der Waals surface area contributed by atoms with Gasteiger partial charge in [-0.25, -0.2) is 0 Å². The maximum absolute atomic E-state index is 11.2. The van der Waals surface area contributed by atoms with Gasteiger partial charge in [0.1, 0.15) is 5.75 Å². The van der Waals surface area contributed by atoms with E-state index in [0.29, 0.717) is 10.8 Å². The van der Waals surface area contributed by atoms with Crippen LogP contribution in [-0.4, -0.2) is 12.9 Å². The van der Waals surface area contributed by atoms with Crippen molar-refractivity contribution < 1.29 is 9.53 Å². The largest absolute Gasteiger partial charge is 0.495 e. The summed E-state index contributed by atoms with van der Waals surface area (Å²) >= 11 is 7.43.